The minimum absolute atomic E-state index is 0.0328. The van der Waals surface area contributed by atoms with Gasteiger partial charge in [0.05, 0.1) is 24.3 Å². The molecular weight excluding hydrogens is 410 g/mol. The minimum Gasteiger partial charge on any atom is -0.478 e. The standard InChI is InChI=1S/C24H25N3O5/c1-16(2)15-32-22-13-19(23(28)26-20-9-8-18(14-25-20)24(29)30)12-21(27-22)31-11-10-17-6-4-3-5-7-17/h3-9,12-14,16H,10-11,15H2,1-2H3,(H,29,30)(H,25,26,28). The molecule has 0 spiro atoms. The average molecular weight is 435 g/mol. The van der Waals surface area contributed by atoms with E-state index in [0.717, 1.165) is 5.56 Å². The number of aromatic nitrogens is 2. The lowest BCUT2D eigenvalue weighted by Gasteiger charge is -2.12. The molecule has 2 N–H and O–H groups in total. The summed E-state index contributed by atoms with van der Waals surface area (Å²) in [4.78, 5) is 32.0. The van der Waals surface area contributed by atoms with Crippen molar-refractivity contribution in [1.82, 2.24) is 9.97 Å². The smallest absolute Gasteiger partial charge is 0.337 e. The molecule has 32 heavy (non-hydrogen) atoms. The molecular formula is C24H25N3O5. The van der Waals surface area contributed by atoms with Gasteiger partial charge in [-0.1, -0.05) is 44.2 Å². The number of hydrogen-bond acceptors (Lipinski definition) is 6. The molecule has 8 heteroatoms. The first-order valence-corrected chi connectivity index (χ1v) is 10.2. The van der Waals surface area contributed by atoms with E-state index in [4.69, 9.17) is 14.6 Å². The number of carbonyl (C=O) groups excluding carboxylic acids is 1. The number of carboxylic acids is 1. The highest BCUT2D eigenvalue weighted by molar-refractivity contribution is 6.04. The molecule has 0 aliphatic carbocycles. The number of benzene rings is 1. The van der Waals surface area contributed by atoms with Crippen LogP contribution in [0.15, 0.2) is 60.8 Å². The summed E-state index contributed by atoms with van der Waals surface area (Å²) < 4.78 is 11.5. The number of carboxylic acid groups (broad SMARTS) is 1. The lowest BCUT2D eigenvalue weighted by Crippen LogP contribution is -2.15. The molecule has 1 aromatic carbocycles. The summed E-state index contributed by atoms with van der Waals surface area (Å²) in [5.74, 6) is -0.447. The van der Waals surface area contributed by atoms with E-state index in [-0.39, 0.29) is 34.6 Å². The first kappa shape index (κ1) is 22.7. The number of anilines is 1. The van der Waals surface area contributed by atoms with Crippen molar-refractivity contribution < 1.29 is 24.2 Å². The molecule has 0 aliphatic heterocycles. The average Bonchev–Trinajstić information content (AvgIpc) is 2.78. The molecule has 0 radical (unpaired) electrons. The summed E-state index contributed by atoms with van der Waals surface area (Å²) in [5.41, 5.74) is 1.46. The van der Waals surface area contributed by atoms with E-state index in [1.165, 1.54) is 30.5 Å². The molecule has 3 aromatic rings. The van der Waals surface area contributed by atoms with Crippen LogP contribution >= 0.6 is 0 Å². The second-order valence-corrected chi connectivity index (χ2v) is 7.51. The summed E-state index contributed by atoms with van der Waals surface area (Å²) in [7, 11) is 0. The van der Waals surface area contributed by atoms with Gasteiger partial charge < -0.3 is 19.9 Å². The molecule has 166 valence electrons. The third kappa shape index (κ3) is 6.80. The topological polar surface area (TPSA) is 111 Å². The van der Waals surface area contributed by atoms with Crippen LogP contribution in [0.3, 0.4) is 0 Å². The van der Waals surface area contributed by atoms with E-state index in [0.29, 0.717) is 19.6 Å². The third-order valence-electron chi connectivity index (χ3n) is 4.34. The SMILES string of the molecule is CC(C)COc1cc(C(=O)Nc2ccc(C(=O)O)cn2)cc(OCCc2ccccc2)n1. The predicted octanol–water partition coefficient (Wildman–Crippen LogP) is 4.08. The molecule has 2 aromatic heterocycles. The number of aromatic carboxylic acids is 1. The Morgan fingerprint density at radius 3 is 2.34 bits per heavy atom. The van der Waals surface area contributed by atoms with Gasteiger partial charge in [-0.25, -0.2) is 9.78 Å². The van der Waals surface area contributed by atoms with Gasteiger partial charge in [-0.2, -0.15) is 4.98 Å². The summed E-state index contributed by atoms with van der Waals surface area (Å²) in [5, 5.41) is 11.6. The van der Waals surface area contributed by atoms with E-state index in [1.807, 2.05) is 44.2 Å². The van der Waals surface area contributed by atoms with Crippen molar-refractivity contribution in [3.05, 3.63) is 77.5 Å². The van der Waals surface area contributed by atoms with Crippen LogP contribution in [0.25, 0.3) is 0 Å². The molecule has 2 heterocycles. The highest BCUT2D eigenvalue weighted by Gasteiger charge is 2.14. The largest absolute Gasteiger partial charge is 0.478 e. The lowest BCUT2D eigenvalue weighted by molar-refractivity contribution is 0.0696. The second kappa shape index (κ2) is 10.9. The van der Waals surface area contributed by atoms with Crippen molar-refractivity contribution in [2.45, 2.75) is 20.3 Å². The van der Waals surface area contributed by atoms with Crippen LogP contribution in [0.4, 0.5) is 5.82 Å². The van der Waals surface area contributed by atoms with Crippen molar-refractivity contribution >= 4 is 17.7 Å². The van der Waals surface area contributed by atoms with E-state index >= 15 is 0 Å². The lowest BCUT2D eigenvalue weighted by atomic mass is 10.2. The van der Waals surface area contributed by atoms with Crippen LogP contribution in [0.2, 0.25) is 0 Å². The van der Waals surface area contributed by atoms with E-state index in [1.54, 1.807) is 0 Å². The zero-order valence-corrected chi connectivity index (χ0v) is 17.9. The Kier molecular flexibility index (Phi) is 7.75. The molecule has 0 unspecified atom stereocenters. The quantitative estimate of drug-likeness (QED) is 0.493. The van der Waals surface area contributed by atoms with Gasteiger partial charge in [0.1, 0.15) is 5.82 Å². The molecule has 0 atom stereocenters. The van der Waals surface area contributed by atoms with Gasteiger partial charge in [0.2, 0.25) is 11.8 Å². The predicted molar refractivity (Wildman–Crippen MR) is 119 cm³/mol. The Labute approximate surface area is 186 Å². The van der Waals surface area contributed by atoms with Gasteiger partial charge >= 0.3 is 5.97 Å². The number of hydrogen-bond donors (Lipinski definition) is 2. The third-order valence-corrected chi connectivity index (χ3v) is 4.34. The minimum atomic E-state index is -1.09. The van der Waals surface area contributed by atoms with Crippen molar-refractivity contribution in [2.75, 3.05) is 18.5 Å². The van der Waals surface area contributed by atoms with Crippen molar-refractivity contribution in [2.24, 2.45) is 5.92 Å². The molecule has 0 bridgehead atoms. The Bertz CT molecular complexity index is 1050. The number of ether oxygens (including phenoxy) is 2. The van der Waals surface area contributed by atoms with Crippen LogP contribution in [-0.2, 0) is 6.42 Å². The van der Waals surface area contributed by atoms with Crippen LogP contribution in [0, 0.1) is 5.92 Å². The summed E-state index contributed by atoms with van der Waals surface area (Å²) in [6.45, 7) is 4.87. The number of pyridine rings is 2. The van der Waals surface area contributed by atoms with Crippen molar-refractivity contribution in [1.29, 1.82) is 0 Å². The maximum Gasteiger partial charge on any atom is 0.337 e. The van der Waals surface area contributed by atoms with Crippen molar-refractivity contribution in [3.63, 3.8) is 0 Å². The molecule has 0 aliphatic rings. The number of nitrogens with one attached hydrogen (secondary N) is 1. The molecule has 1 amide bonds. The summed E-state index contributed by atoms with van der Waals surface area (Å²) in [6, 6.07) is 15.8. The zero-order chi connectivity index (χ0) is 22.9. The van der Waals surface area contributed by atoms with E-state index in [9.17, 15) is 9.59 Å². The van der Waals surface area contributed by atoms with Gasteiger partial charge in [0.15, 0.2) is 0 Å². The van der Waals surface area contributed by atoms with Crippen LogP contribution in [0.5, 0.6) is 11.8 Å². The maximum atomic E-state index is 12.8. The Balaban J connectivity index is 1.73. The van der Waals surface area contributed by atoms with Gasteiger partial charge in [0.25, 0.3) is 5.91 Å². The number of nitrogens with zero attached hydrogens (tertiary/aromatic N) is 2. The monoisotopic (exact) mass is 435 g/mol. The van der Waals surface area contributed by atoms with Gasteiger partial charge in [-0.15, -0.1) is 0 Å². The fourth-order valence-corrected chi connectivity index (χ4v) is 2.71. The number of carbonyl (C=O) groups is 2. The fourth-order valence-electron chi connectivity index (χ4n) is 2.71. The van der Waals surface area contributed by atoms with Gasteiger partial charge in [0, 0.05) is 24.8 Å². The molecule has 0 saturated heterocycles. The van der Waals surface area contributed by atoms with Gasteiger partial charge in [-0.05, 0) is 23.6 Å². The molecule has 3 rings (SSSR count). The second-order valence-electron chi connectivity index (χ2n) is 7.51. The van der Waals surface area contributed by atoms with Gasteiger partial charge in [-0.3, -0.25) is 4.79 Å². The normalized spacial score (nSPS) is 10.6. The first-order chi connectivity index (χ1) is 15.4. The maximum absolute atomic E-state index is 12.8. The summed E-state index contributed by atoms with van der Waals surface area (Å²) >= 11 is 0. The molecule has 0 saturated carbocycles. The Morgan fingerprint density at radius 1 is 1.00 bits per heavy atom. The van der Waals surface area contributed by atoms with E-state index in [2.05, 4.69) is 15.3 Å². The zero-order valence-electron chi connectivity index (χ0n) is 17.9. The highest BCUT2D eigenvalue weighted by Crippen LogP contribution is 2.20. The molecule has 0 fully saturated rings. The Morgan fingerprint density at radius 2 is 1.72 bits per heavy atom. The Hall–Kier alpha value is -3.94. The van der Waals surface area contributed by atoms with Crippen LogP contribution in [-0.4, -0.2) is 40.2 Å². The number of amides is 1. The fraction of sp³-hybridized carbons (Fsp3) is 0.250. The van der Waals surface area contributed by atoms with Crippen molar-refractivity contribution in [3.8, 4) is 11.8 Å². The number of rotatable bonds is 10. The summed E-state index contributed by atoms with van der Waals surface area (Å²) in [6.07, 6.45) is 1.88. The van der Waals surface area contributed by atoms with Crippen LogP contribution in [0.1, 0.15) is 40.1 Å². The highest BCUT2D eigenvalue weighted by atomic mass is 16.5. The van der Waals surface area contributed by atoms with E-state index < -0.39 is 11.9 Å². The first-order valence-electron chi connectivity index (χ1n) is 10.2. The molecule has 8 nitrogen and oxygen atoms in total. The van der Waals surface area contributed by atoms with Crippen LogP contribution < -0.4 is 14.8 Å².